The Bertz CT molecular complexity index is 617. The maximum absolute atomic E-state index is 12.0. The van der Waals surface area contributed by atoms with Gasteiger partial charge in [0.2, 0.25) is 0 Å². The van der Waals surface area contributed by atoms with Gasteiger partial charge in [-0.3, -0.25) is 4.79 Å². The molecule has 0 unspecified atom stereocenters. The normalized spacial score (nSPS) is 10.9. The first-order valence-corrected chi connectivity index (χ1v) is 8.18. The summed E-state index contributed by atoms with van der Waals surface area (Å²) in [4.78, 5) is 13.3. The van der Waals surface area contributed by atoms with Crippen LogP contribution >= 0.6 is 27.7 Å². The van der Waals surface area contributed by atoms with Crippen molar-refractivity contribution in [1.29, 1.82) is 0 Å². The first-order valence-electron chi connectivity index (χ1n) is 6.40. The fourth-order valence-corrected chi connectivity index (χ4v) is 2.81. The molecule has 1 nitrogen and oxygen atoms in total. The van der Waals surface area contributed by atoms with E-state index < -0.39 is 0 Å². The van der Waals surface area contributed by atoms with Crippen LogP contribution in [0.15, 0.2) is 64.0 Å². The van der Waals surface area contributed by atoms with E-state index in [2.05, 4.69) is 35.0 Å². The van der Waals surface area contributed by atoms with Crippen molar-refractivity contribution in [1.82, 2.24) is 0 Å². The predicted molar refractivity (Wildman–Crippen MR) is 90.3 cm³/mol. The van der Waals surface area contributed by atoms with E-state index in [0.717, 1.165) is 15.8 Å². The molecule has 20 heavy (non-hydrogen) atoms. The second kappa shape index (κ2) is 7.46. The molecule has 0 aliphatic rings. The molecule has 0 fully saturated rings. The Labute approximate surface area is 132 Å². The van der Waals surface area contributed by atoms with E-state index in [4.69, 9.17) is 0 Å². The van der Waals surface area contributed by atoms with Gasteiger partial charge in [-0.05, 0) is 41.7 Å². The van der Waals surface area contributed by atoms with Crippen LogP contribution in [-0.2, 0) is 0 Å². The van der Waals surface area contributed by atoms with Crippen molar-refractivity contribution in [3.05, 3.63) is 70.2 Å². The number of halogens is 1. The summed E-state index contributed by atoms with van der Waals surface area (Å²) in [6.45, 7) is 2.13. The monoisotopic (exact) mass is 346 g/mol. The molecular formula is C17H15BrOS. The smallest absolute Gasteiger partial charge is 0.185 e. The molecule has 102 valence electrons. The molecular weight excluding hydrogens is 332 g/mol. The number of benzene rings is 2. The molecule has 0 saturated carbocycles. The minimum Gasteiger partial charge on any atom is -0.289 e. The zero-order valence-electron chi connectivity index (χ0n) is 11.2. The summed E-state index contributed by atoms with van der Waals surface area (Å²) in [5.74, 6) is 1.08. The molecule has 0 aliphatic heterocycles. The number of rotatable bonds is 5. The van der Waals surface area contributed by atoms with Gasteiger partial charge in [0.1, 0.15) is 0 Å². The van der Waals surface area contributed by atoms with Crippen molar-refractivity contribution in [3.8, 4) is 0 Å². The lowest BCUT2D eigenvalue weighted by Gasteiger charge is -1.99. The molecule has 0 spiro atoms. The van der Waals surface area contributed by atoms with E-state index in [0.29, 0.717) is 5.56 Å². The van der Waals surface area contributed by atoms with Crippen LogP contribution in [0.2, 0.25) is 0 Å². The highest BCUT2D eigenvalue weighted by Gasteiger charge is 2.01. The minimum absolute atomic E-state index is 0.0123. The molecule has 0 atom stereocenters. The number of hydrogen-bond donors (Lipinski definition) is 0. The Morgan fingerprint density at radius 3 is 2.60 bits per heavy atom. The molecule has 2 aromatic carbocycles. The summed E-state index contributed by atoms with van der Waals surface area (Å²) < 4.78 is 0.915. The van der Waals surface area contributed by atoms with E-state index in [1.54, 1.807) is 6.08 Å². The summed E-state index contributed by atoms with van der Waals surface area (Å²) >= 11 is 5.18. The molecule has 0 amide bonds. The quantitative estimate of drug-likeness (QED) is 0.406. The summed E-state index contributed by atoms with van der Waals surface area (Å²) in [6, 6.07) is 15.6. The van der Waals surface area contributed by atoms with Crippen molar-refractivity contribution in [3.63, 3.8) is 0 Å². The highest BCUT2D eigenvalue weighted by molar-refractivity contribution is 9.10. The van der Waals surface area contributed by atoms with Crippen molar-refractivity contribution in [2.45, 2.75) is 11.8 Å². The molecule has 0 radical (unpaired) electrons. The predicted octanol–water partition coefficient (Wildman–Crippen LogP) is 5.46. The number of carbonyl (C=O) groups is 1. The van der Waals surface area contributed by atoms with E-state index >= 15 is 0 Å². The molecule has 0 aliphatic carbocycles. The van der Waals surface area contributed by atoms with Crippen LogP contribution in [0.25, 0.3) is 6.08 Å². The van der Waals surface area contributed by atoms with Crippen LogP contribution in [0, 0.1) is 0 Å². The molecule has 2 rings (SSSR count). The van der Waals surface area contributed by atoms with Gasteiger partial charge in [0, 0.05) is 14.9 Å². The summed E-state index contributed by atoms with van der Waals surface area (Å²) in [5, 5.41) is 0. The van der Waals surface area contributed by atoms with Gasteiger partial charge >= 0.3 is 0 Å². The molecule has 0 N–H and O–H groups in total. The van der Waals surface area contributed by atoms with Gasteiger partial charge in [-0.2, -0.15) is 0 Å². The third-order valence-corrected chi connectivity index (χ3v) is 4.11. The van der Waals surface area contributed by atoms with E-state index in [-0.39, 0.29) is 5.78 Å². The minimum atomic E-state index is 0.0123. The average molecular weight is 347 g/mol. The lowest BCUT2D eigenvalue weighted by atomic mass is 10.1. The number of carbonyl (C=O) groups excluding carboxylic acids is 1. The van der Waals surface area contributed by atoms with Crippen LogP contribution in [0.5, 0.6) is 0 Å². The molecule has 2 aromatic rings. The van der Waals surface area contributed by atoms with Gasteiger partial charge < -0.3 is 0 Å². The van der Waals surface area contributed by atoms with Gasteiger partial charge in [-0.15, -0.1) is 11.8 Å². The zero-order chi connectivity index (χ0) is 14.4. The number of allylic oxidation sites excluding steroid dienone is 1. The second-order valence-corrected chi connectivity index (χ2v) is 6.46. The Morgan fingerprint density at radius 1 is 1.20 bits per heavy atom. The number of ketones is 1. The number of thioether (sulfide) groups is 1. The van der Waals surface area contributed by atoms with Crippen LogP contribution in [0.3, 0.4) is 0 Å². The first kappa shape index (κ1) is 15.1. The van der Waals surface area contributed by atoms with E-state index in [1.807, 2.05) is 54.2 Å². The maximum Gasteiger partial charge on any atom is 0.185 e. The molecule has 3 heteroatoms. The van der Waals surface area contributed by atoms with Gasteiger partial charge in [-0.1, -0.05) is 53.2 Å². The third kappa shape index (κ3) is 4.36. The fourth-order valence-electron chi connectivity index (χ4n) is 1.75. The maximum atomic E-state index is 12.0. The largest absolute Gasteiger partial charge is 0.289 e. The van der Waals surface area contributed by atoms with Gasteiger partial charge in [-0.25, -0.2) is 0 Å². The van der Waals surface area contributed by atoms with Crippen molar-refractivity contribution in [2.24, 2.45) is 0 Å². The van der Waals surface area contributed by atoms with E-state index in [9.17, 15) is 4.79 Å². The Morgan fingerprint density at radius 2 is 1.95 bits per heavy atom. The third-order valence-electron chi connectivity index (χ3n) is 2.73. The van der Waals surface area contributed by atoms with E-state index in [1.165, 1.54) is 4.90 Å². The number of hydrogen-bond acceptors (Lipinski definition) is 2. The Balaban J connectivity index is 2.07. The van der Waals surface area contributed by atoms with Gasteiger partial charge in [0.25, 0.3) is 0 Å². The van der Waals surface area contributed by atoms with Crippen LogP contribution in [-0.4, -0.2) is 11.5 Å². The topological polar surface area (TPSA) is 17.1 Å². The van der Waals surface area contributed by atoms with Gasteiger partial charge in [0.05, 0.1) is 0 Å². The van der Waals surface area contributed by atoms with Crippen molar-refractivity contribution >= 4 is 39.6 Å². The molecule has 0 heterocycles. The zero-order valence-corrected chi connectivity index (χ0v) is 13.6. The highest BCUT2D eigenvalue weighted by Crippen LogP contribution is 2.18. The lowest BCUT2D eigenvalue weighted by molar-refractivity contribution is 0.104. The van der Waals surface area contributed by atoms with Crippen LogP contribution in [0.4, 0.5) is 0 Å². The van der Waals surface area contributed by atoms with Crippen LogP contribution < -0.4 is 0 Å². The summed E-state index contributed by atoms with van der Waals surface area (Å²) in [7, 11) is 0. The lowest BCUT2D eigenvalue weighted by Crippen LogP contribution is -1.93. The molecule has 0 aromatic heterocycles. The standard InChI is InChI=1S/C17H15BrOS/c1-2-20-16-9-6-13(7-10-16)8-11-17(19)14-4-3-5-15(18)12-14/h3-12H,2H2,1H3. The molecule has 0 saturated heterocycles. The fraction of sp³-hybridized carbons (Fsp3) is 0.118. The SMILES string of the molecule is CCSc1ccc(C=CC(=O)c2cccc(Br)c2)cc1. The van der Waals surface area contributed by atoms with Crippen LogP contribution in [0.1, 0.15) is 22.8 Å². The molecule has 0 bridgehead atoms. The average Bonchev–Trinajstić information content (AvgIpc) is 2.46. The highest BCUT2D eigenvalue weighted by atomic mass is 79.9. The van der Waals surface area contributed by atoms with Gasteiger partial charge in [0.15, 0.2) is 5.78 Å². The summed E-state index contributed by atoms with van der Waals surface area (Å²) in [5.41, 5.74) is 1.72. The van der Waals surface area contributed by atoms with Crippen molar-refractivity contribution < 1.29 is 4.79 Å². The second-order valence-electron chi connectivity index (χ2n) is 4.21. The first-order chi connectivity index (χ1) is 9.69. The van der Waals surface area contributed by atoms with Crippen molar-refractivity contribution in [2.75, 3.05) is 5.75 Å². The Kier molecular flexibility index (Phi) is 5.62. The Hall–Kier alpha value is -1.32. The summed E-state index contributed by atoms with van der Waals surface area (Å²) in [6.07, 6.45) is 3.47.